The van der Waals surface area contributed by atoms with Gasteiger partial charge in [-0.15, -0.1) is 0 Å². The number of carbonyl (C=O) groups excluding carboxylic acids is 3. The summed E-state index contributed by atoms with van der Waals surface area (Å²) in [7, 11) is 0. The lowest BCUT2D eigenvalue weighted by molar-refractivity contribution is -0.124. The Morgan fingerprint density at radius 3 is 2.16 bits per heavy atom. The summed E-state index contributed by atoms with van der Waals surface area (Å²) in [5, 5.41) is 1.45. The molecule has 168 valence electrons. The average Bonchev–Trinajstić information content (AvgIpc) is 3.03. The molecule has 1 aliphatic rings. The molecule has 12 heteroatoms. The van der Waals surface area contributed by atoms with Crippen molar-refractivity contribution in [2.45, 2.75) is 6.42 Å². The van der Waals surface area contributed by atoms with Gasteiger partial charge in [0.05, 0.1) is 11.3 Å². The van der Waals surface area contributed by atoms with Crippen LogP contribution >= 0.6 is 11.8 Å². The Hall–Kier alpha value is -3.28. The number of hydrogen-bond donors (Lipinski definition) is 1. The van der Waals surface area contributed by atoms with Crippen LogP contribution in [0, 0.1) is 34.9 Å². The third kappa shape index (κ3) is 4.64. The van der Waals surface area contributed by atoms with Gasteiger partial charge in [-0.1, -0.05) is 18.2 Å². The van der Waals surface area contributed by atoms with E-state index in [9.17, 15) is 40.7 Å². The summed E-state index contributed by atoms with van der Waals surface area (Å²) >= 11 is 0.556. The molecule has 0 radical (unpaired) electrons. The van der Waals surface area contributed by atoms with Gasteiger partial charge in [-0.2, -0.15) is 0 Å². The number of carbonyl (C=O) groups is 3. The predicted octanol–water partition coefficient (Wildman–Crippen LogP) is 3.92. The first kappa shape index (κ1) is 23.4. The van der Waals surface area contributed by atoms with Crippen molar-refractivity contribution in [3.63, 3.8) is 0 Å². The lowest BCUT2D eigenvalue weighted by Gasteiger charge is -2.13. The molecule has 5 nitrogen and oxygen atoms in total. The van der Waals surface area contributed by atoms with Crippen LogP contribution in [-0.4, -0.2) is 35.0 Å². The minimum absolute atomic E-state index is 0.0483. The zero-order valence-electron chi connectivity index (χ0n) is 15.9. The van der Waals surface area contributed by atoms with Gasteiger partial charge >= 0.3 is 0 Å². The van der Waals surface area contributed by atoms with Crippen molar-refractivity contribution in [1.82, 2.24) is 10.2 Å². The van der Waals surface area contributed by atoms with Crippen molar-refractivity contribution in [3.8, 4) is 0 Å². The molecule has 32 heavy (non-hydrogen) atoms. The fraction of sp³-hybridized carbons (Fsp3) is 0.150. The molecule has 0 saturated carbocycles. The van der Waals surface area contributed by atoms with Crippen LogP contribution in [0.3, 0.4) is 0 Å². The van der Waals surface area contributed by atoms with Crippen LogP contribution in [0.5, 0.6) is 0 Å². The van der Waals surface area contributed by atoms with Crippen molar-refractivity contribution in [2.75, 3.05) is 13.1 Å². The van der Waals surface area contributed by atoms with Crippen LogP contribution in [0.2, 0.25) is 0 Å². The maximum Gasteiger partial charge on any atom is 0.293 e. The molecule has 1 heterocycles. The summed E-state index contributed by atoms with van der Waals surface area (Å²) in [4.78, 5) is 37.0. The molecule has 2 aromatic carbocycles. The fourth-order valence-electron chi connectivity index (χ4n) is 2.76. The monoisotopic (exact) mass is 474 g/mol. The SMILES string of the molecule is O=C(Cc1c(F)c(F)c(F)c(F)c1F)NCCN1C(=O)S/C(=C\c2ccccc2F)C1=O. The zero-order valence-corrected chi connectivity index (χ0v) is 16.7. The van der Waals surface area contributed by atoms with E-state index in [-0.39, 0.29) is 23.6 Å². The van der Waals surface area contributed by atoms with E-state index in [1.165, 1.54) is 24.3 Å². The molecule has 0 bridgehead atoms. The van der Waals surface area contributed by atoms with Crippen molar-refractivity contribution in [3.05, 3.63) is 75.2 Å². The van der Waals surface area contributed by atoms with Crippen molar-refractivity contribution in [1.29, 1.82) is 0 Å². The van der Waals surface area contributed by atoms with Gasteiger partial charge in [0, 0.05) is 24.2 Å². The third-order valence-electron chi connectivity index (χ3n) is 4.36. The summed E-state index contributed by atoms with van der Waals surface area (Å²) in [5.41, 5.74) is -1.22. The molecule has 3 amide bonds. The van der Waals surface area contributed by atoms with Gasteiger partial charge < -0.3 is 5.32 Å². The Balaban J connectivity index is 1.61. The van der Waals surface area contributed by atoms with Gasteiger partial charge in [0.2, 0.25) is 11.7 Å². The molecule has 1 fully saturated rings. The van der Waals surface area contributed by atoms with E-state index in [0.717, 1.165) is 4.90 Å². The van der Waals surface area contributed by atoms with Crippen molar-refractivity contribution in [2.24, 2.45) is 0 Å². The lowest BCUT2D eigenvalue weighted by Crippen LogP contribution is -2.38. The van der Waals surface area contributed by atoms with E-state index >= 15 is 0 Å². The van der Waals surface area contributed by atoms with Gasteiger partial charge in [0.25, 0.3) is 11.1 Å². The number of hydrogen-bond acceptors (Lipinski definition) is 4. The molecular formula is C20H12F6N2O3S. The van der Waals surface area contributed by atoms with Crippen LogP contribution in [0.1, 0.15) is 11.1 Å². The Kier molecular flexibility index (Phi) is 6.92. The van der Waals surface area contributed by atoms with Crippen LogP contribution < -0.4 is 5.32 Å². The molecule has 2 aromatic rings. The van der Waals surface area contributed by atoms with E-state index in [0.29, 0.717) is 11.8 Å². The fourth-order valence-corrected chi connectivity index (χ4v) is 3.62. The first-order valence-electron chi connectivity index (χ1n) is 8.88. The van der Waals surface area contributed by atoms with Gasteiger partial charge in [0.15, 0.2) is 23.3 Å². The van der Waals surface area contributed by atoms with E-state index in [1.54, 1.807) is 6.07 Å². The Morgan fingerprint density at radius 2 is 1.53 bits per heavy atom. The summed E-state index contributed by atoms with van der Waals surface area (Å²) in [6.45, 7) is -0.679. The Bertz CT molecular complexity index is 1130. The number of benzene rings is 2. The van der Waals surface area contributed by atoms with E-state index in [2.05, 4.69) is 5.32 Å². The highest BCUT2D eigenvalue weighted by molar-refractivity contribution is 8.18. The second-order valence-corrected chi connectivity index (χ2v) is 7.42. The second-order valence-electron chi connectivity index (χ2n) is 6.43. The maximum atomic E-state index is 13.7. The molecule has 1 saturated heterocycles. The quantitative estimate of drug-likeness (QED) is 0.298. The van der Waals surface area contributed by atoms with E-state index in [4.69, 9.17) is 0 Å². The van der Waals surface area contributed by atoms with Gasteiger partial charge in [0.1, 0.15) is 5.82 Å². The number of nitrogens with zero attached hydrogens (tertiary/aromatic N) is 1. The molecule has 0 aliphatic carbocycles. The number of halogens is 6. The summed E-state index contributed by atoms with van der Waals surface area (Å²) in [6.07, 6.45) is 0.0445. The molecule has 0 unspecified atom stereocenters. The Labute approximate surface area is 181 Å². The first-order chi connectivity index (χ1) is 15.1. The third-order valence-corrected chi connectivity index (χ3v) is 5.27. The minimum Gasteiger partial charge on any atom is -0.354 e. The van der Waals surface area contributed by atoms with Gasteiger partial charge in [-0.25, -0.2) is 26.3 Å². The molecule has 1 N–H and O–H groups in total. The molecule has 1 aliphatic heterocycles. The van der Waals surface area contributed by atoms with Crippen LogP contribution in [0.4, 0.5) is 31.1 Å². The van der Waals surface area contributed by atoms with Crippen LogP contribution in [0.15, 0.2) is 29.2 Å². The van der Waals surface area contributed by atoms with Gasteiger partial charge in [-0.3, -0.25) is 19.3 Å². The lowest BCUT2D eigenvalue weighted by atomic mass is 10.1. The largest absolute Gasteiger partial charge is 0.354 e. The molecule has 0 atom stereocenters. The second kappa shape index (κ2) is 9.47. The average molecular weight is 474 g/mol. The summed E-state index contributed by atoms with van der Waals surface area (Å²) in [5.74, 6) is -13.4. The summed E-state index contributed by atoms with van der Waals surface area (Å²) in [6, 6.07) is 5.58. The highest BCUT2D eigenvalue weighted by Crippen LogP contribution is 2.32. The number of rotatable bonds is 6. The topological polar surface area (TPSA) is 66.5 Å². The zero-order chi connectivity index (χ0) is 23.6. The van der Waals surface area contributed by atoms with Crippen molar-refractivity contribution >= 4 is 34.9 Å². The number of imide groups is 1. The van der Waals surface area contributed by atoms with E-state index in [1.807, 2.05) is 0 Å². The predicted molar refractivity (Wildman–Crippen MR) is 102 cm³/mol. The van der Waals surface area contributed by atoms with Crippen molar-refractivity contribution < 1.29 is 40.7 Å². The number of nitrogens with one attached hydrogen (secondary N) is 1. The normalized spacial score (nSPS) is 15.1. The van der Waals surface area contributed by atoms with Crippen LogP contribution in [-0.2, 0) is 16.0 Å². The standard InChI is InChI=1S/C20H12F6N2O3S/c21-11-4-2-1-3-9(11)7-12-19(30)28(20(31)32-12)6-5-27-13(29)8-10-14(22)16(24)18(26)17(25)15(10)23/h1-4,7H,5-6,8H2,(H,27,29)/b12-7-. The molecular weight excluding hydrogens is 462 g/mol. The highest BCUT2D eigenvalue weighted by Gasteiger charge is 2.35. The summed E-state index contributed by atoms with van der Waals surface area (Å²) < 4.78 is 80.5. The molecule has 0 aromatic heterocycles. The number of amides is 3. The molecule has 0 spiro atoms. The van der Waals surface area contributed by atoms with Gasteiger partial charge in [-0.05, 0) is 23.9 Å². The van der Waals surface area contributed by atoms with Crippen LogP contribution in [0.25, 0.3) is 6.08 Å². The van der Waals surface area contributed by atoms with E-state index < -0.39 is 63.9 Å². The maximum absolute atomic E-state index is 13.7. The molecule has 3 rings (SSSR count). The minimum atomic E-state index is -2.34. The Morgan fingerprint density at radius 1 is 0.938 bits per heavy atom. The first-order valence-corrected chi connectivity index (χ1v) is 9.70. The number of thioether (sulfide) groups is 1. The smallest absolute Gasteiger partial charge is 0.293 e. The highest BCUT2D eigenvalue weighted by atomic mass is 32.2.